The molecule has 0 saturated heterocycles. The molecule has 0 atom stereocenters. The predicted molar refractivity (Wildman–Crippen MR) is 73.9 cm³/mol. The number of aromatic hydroxyl groups is 1. The van der Waals surface area contributed by atoms with E-state index in [1.807, 2.05) is 0 Å². The summed E-state index contributed by atoms with van der Waals surface area (Å²) in [6.45, 7) is 6.84. The van der Waals surface area contributed by atoms with Crippen LogP contribution in [0.25, 0.3) is 0 Å². The first-order valence-corrected chi connectivity index (χ1v) is 6.10. The number of nitrogens with one attached hydrogen (secondary N) is 1. The zero-order chi connectivity index (χ0) is 13.8. The molecule has 0 radical (unpaired) electrons. The molecule has 1 rings (SSSR count). The minimum absolute atomic E-state index is 0.0177. The SMILES string of the molecule is CN(C(=O)CCNC(C)(C)C)c1cccc(O)c1. The van der Waals surface area contributed by atoms with E-state index in [0.29, 0.717) is 18.7 Å². The van der Waals surface area contributed by atoms with Crippen LogP contribution in [0.3, 0.4) is 0 Å². The lowest BCUT2D eigenvalue weighted by Crippen LogP contribution is -2.38. The molecule has 0 heterocycles. The smallest absolute Gasteiger partial charge is 0.227 e. The Morgan fingerprint density at radius 1 is 1.39 bits per heavy atom. The molecule has 0 bridgehead atoms. The van der Waals surface area contributed by atoms with Crippen molar-refractivity contribution in [2.75, 3.05) is 18.5 Å². The van der Waals surface area contributed by atoms with Gasteiger partial charge in [0.05, 0.1) is 0 Å². The van der Waals surface area contributed by atoms with E-state index in [-0.39, 0.29) is 17.2 Å². The lowest BCUT2D eigenvalue weighted by atomic mass is 10.1. The molecule has 2 N–H and O–H groups in total. The molecular formula is C14H22N2O2. The predicted octanol–water partition coefficient (Wildman–Crippen LogP) is 2.13. The van der Waals surface area contributed by atoms with E-state index in [4.69, 9.17) is 0 Å². The van der Waals surface area contributed by atoms with Gasteiger partial charge in [0.1, 0.15) is 5.75 Å². The van der Waals surface area contributed by atoms with E-state index in [1.54, 1.807) is 36.2 Å². The van der Waals surface area contributed by atoms with Gasteiger partial charge in [0, 0.05) is 37.3 Å². The zero-order valence-corrected chi connectivity index (χ0v) is 11.5. The van der Waals surface area contributed by atoms with Gasteiger partial charge in [-0.2, -0.15) is 0 Å². The lowest BCUT2D eigenvalue weighted by Gasteiger charge is -2.22. The Morgan fingerprint density at radius 3 is 2.61 bits per heavy atom. The fraction of sp³-hybridized carbons (Fsp3) is 0.500. The molecule has 0 unspecified atom stereocenters. The molecule has 1 amide bonds. The van der Waals surface area contributed by atoms with Crippen LogP contribution >= 0.6 is 0 Å². The van der Waals surface area contributed by atoms with Gasteiger partial charge in [-0.05, 0) is 32.9 Å². The minimum atomic E-state index is 0.0177. The number of hydrogen-bond donors (Lipinski definition) is 2. The third-order valence-corrected chi connectivity index (χ3v) is 2.59. The van der Waals surface area contributed by atoms with Crippen LogP contribution in [-0.2, 0) is 4.79 Å². The highest BCUT2D eigenvalue weighted by atomic mass is 16.3. The molecule has 1 aromatic carbocycles. The maximum Gasteiger partial charge on any atom is 0.227 e. The first-order valence-electron chi connectivity index (χ1n) is 6.10. The summed E-state index contributed by atoms with van der Waals surface area (Å²) in [6, 6.07) is 6.69. The molecule has 0 saturated carbocycles. The van der Waals surface area contributed by atoms with Gasteiger partial charge in [0.15, 0.2) is 0 Å². The van der Waals surface area contributed by atoms with Gasteiger partial charge < -0.3 is 15.3 Å². The molecule has 18 heavy (non-hydrogen) atoms. The van der Waals surface area contributed by atoms with E-state index < -0.39 is 0 Å². The summed E-state index contributed by atoms with van der Waals surface area (Å²) in [6.07, 6.45) is 0.434. The Balaban J connectivity index is 2.52. The van der Waals surface area contributed by atoms with Crippen LogP contribution in [0.4, 0.5) is 5.69 Å². The van der Waals surface area contributed by atoms with Gasteiger partial charge in [-0.25, -0.2) is 0 Å². The average Bonchev–Trinajstić information content (AvgIpc) is 2.26. The van der Waals surface area contributed by atoms with Crippen molar-refractivity contribution in [3.8, 4) is 5.75 Å². The molecule has 0 spiro atoms. The van der Waals surface area contributed by atoms with E-state index in [9.17, 15) is 9.90 Å². The Hall–Kier alpha value is -1.55. The van der Waals surface area contributed by atoms with Crippen LogP contribution in [-0.4, -0.2) is 30.1 Å². The number of rotatable bonds is 4. The number of benzene rings is 1. The summed E-state index contributed by atoms with van der Waals surface area (Å²) in [5.41, 5.74) is 0.722. The van der Waals surface area contributed by atoms with Crippen molar-refractivity contribution < 1.29 is 9.90 Å². The standard InChI is InChI=1S/C14H22N2O2/c1-14(2,3)15-9-8-13(18)16(4)11-6-5-7-12(17)10-11/h5-7,10,15,17H,8-9H2,1-4H3. The zero-order valence-electron chi connectivity index (χ0n) is 11.5. The van der Waals surface area contributed by atoms with Gasteiger partial charge in [0.25, 0.3) is 0 Å². The van der Waals surface area contributed by atoms with Crippen molar-refractivity contribution in [1.29, 1.82) is 0 Å². The van der Waals surface area contributed by atoms with Gasteiger partial charge in [-0.3, -0.25) is 4.79 Å². The monoisotopic (exact) mass is 250 g/mol. The number of anilines is 1. The summed E-state index contributed by atoms with van der Waals surface area (Å²) in [5, 5.41) is 12.6. The molecule has 0 fully saturated rings. The Bertz CT molecular complexity index is 411. The molecule has 0 aliphatic rings. The number of amides is 1. The summed E-state index contributed by atoms with van der Waals surface area (Å²) < 4.78 is 0. The maximum atomic E-state index is 11.9. The van der Waals surface area contributed by atoms with E-state index in [1.165, 1.54) is 0 Å². The van der Waals surface area contributed by atoms with E-state index in [2.05, 4.69) is 26.1 Å². The number of hydrogen-bond acceptors (Lipinski definition) is 3. The summed E-state index contributed by atoms with van der Waals surface area (Å²) in [4.78, 5) is 13.5. The van der Waals surface area contributed by atoms with Crippen molar-refractivity contribution in [2.24, 2.45) is 0 Å². The number of carbonyl (C=O) groups excluding carboxylic acids is 1. The average molecular weight is 250 g/mol. The molecule has 100 valence electrons. The van der Waals surface area contributed by atoms with Crippen molar-refractivity contribution >= 4 is 11.6 Å². The van der Waals surface area contributed by atoms with Gasteiger partial charge in [-0.15, -0.1) is 0 Å². The van der Waals surface area contributed by atoms with Crippen molar-refractivity contribution in [3.63, 3.8) is 0 Å². The molecule has 0 aliphatic heterocycles. The van der Waals surface area contributed by atoms with Gasteiger partial charge in [-0.1, -0.05) is 6.07 Å². The van der Waals surface area contributed by atoms with Gasteiger partial charge in [0.2, 0.25) is 5.91 Å². The molecular weight excluding hydrogens is 228 g/mol. The van der Waals surface area contributed by atoms with Crippen LogP contribution in [0, 0.1) is 0 Å². The number of phenols is 1. The maximum absolute atomic E-state index is 11.9. The first kappa shape index (κ1) is 14.5. The highest BCUT2D eigenvalue weighted by molar-refractivity contribution is 5.93. The second kappa shape index (κ2) is 5.87. The van der Waals surface area contributed by atoms with Crippen molar-refractivity contribution in [2.45, 2.75) is 32.7 Å². The van der Waals surface area contributed by atoms with Crippen molar-refractivity contribution in [1.82, 2.24) is 5.32 Å². The van der Waals surface area contributed by atoms with E-state index >= 15 is 0 Å². The minimum Gasteiger partial charge on any atom is -0.508 e. The van der Waals surface area contributed by atoms with Crippen molar-refractivity contribution in [3.05, 3.63) is 24.3 Å². The Kier molecular flexibility index (Phi) is 4.73. The first-order chi connectivity index (χ1) is 8.29. The quantitative estimate of drug-likeness (QED) is 0.860. The highest BCUT2D eigenvalue weighted by Crippen LogP contribution is 2.19. The fourth-order valence-corrected chi connectivity index (χ4v) is 1.56. The van der Waals surface area contributed by atoms with E-state index in [0.717, 1.165) is 0 Å². The van der Waals surface area contributed by atoms with Crippen LogP contribution in [0.1, 0.15) is 27.2 Å². The highest BCUT2D eigenvalue weighted by Gasteiger charge is 2.13. The molecule has 0 aliphatic carbocycles. The fourth-order valence-electron chi connectivity index (χ4n) is 1.56. The number of nitrogens with zero attached hydrogens (tertiary/aromatic N) is 1. The summed E-state index contributed by atoms with van der Waals surface area (Å²) in [5.74, 6) is 0.192. The molecule has 4 nitrogen and oxygen atoms in total. The lowest BCUT2D eigenvalue weighted by molar-refractivity contribution is -0.118. The van der Waals surface area contributed by atoms with Crippen LogP contribution in [0.5, 0.6) is 5.75 Å². The van der Waals surface area contributed by atoms with Crippen LogP contribution in [0.15, 0.2) is 24.3 Å². The number of phenolic OH excluding ortho intramolecular Hbond substituents is 1. The normalized spacial score (nSPS) is 11.3. The Morgan fingerprint density at radius 2 is 2.06 bits per heavy atom. The molecule has 1 aromatic rings. The Labute approximate surface area is 109 Å². The third-order valence-electron chi connectivity index (χ3n) is 2.59. The van der Waals surface area contributed by atoms with Crippen LogP contribution < -0.4 is 10.2 Å². The summed E-state index contributed by atoms with van der Waals surface area (Å²) in [7, 11) is 1.72. The topological polar surface area (TPSA) is 52.6 Å². The largest absolute Gasteiger partial charge is 0.508 e. The van der Waals surface area contributed by atoms with Crippen LogP contribution in [0.2, 0.25) is 0 Å². The molecule has 4 heteroatoms. The third kappa shape index (κ3) is 4.75. The van der Waals surface area contributed by atoms with Gasteiger partial charge >= 0.3 is 0 Å². The second-order valence-corrected chi connectivity index (χ2v) is 5.40. The number of carbonyl (C=O) groups is 1. The summed E-state index contributed by atoms with van der Waals surface area (Å²) >= 11 is 0. The second-order valence-electron chi connectivity index (χ2n) is 5.40. The molecule has 0 aromatic heterocycles.